The third-order valence-corrected chi connectivity index (χ3v) is 13.9. The summed E-state index contributed by atoms with van der Waals surface area (Å²) in [6.07, 6.45) is 0.117. The number of rotatable bonds is 12. The predicted molar refractivity (Wildman–Crippen MR) is 255 cm³/mol. The maximum absolute atomic E-state index is 15.0. The minimum Gasteiger partial charge on any atom is -0.370 e. The first-order chi connectivity index (χ1) is 31.0. The summed E-state index contributed by atoms with van der Waals surface area (Å²) in [5, 5.41) is 18.9. The predicted octanol–water partition coefficient (Wildman–Crippen LogP) is 5.46. The fraction of sp³-hybridized carbons (Fsp3) is 0.449. The van der Waals surface area contributed by atoms with Crippen molar-refractivity contribution in [1.82, 2.24) is 36.9 Å². The summed E-state index contributed by atoms with van der Waals surface area (Å²) in [5.41, 5.74) is 2.16. The average molecular weight is 926 g/mol. The van der Waals surface area contributed by atoms with Gasteiger partial charge in [-0.2, -0.15) is 0 Å². The largest absolute Gasteiger partial charge is 0.370 e. The van der Waals surface area contributed by atoms with Gasteiger partial charge in [0.2, 0.25) is 29.5 Å². The Morgan fingerprint density at radius 2 is 1.14 bits per heavy atom. The second-order valence-corrected chi connectivity index (χ2v) is 19.6. The lowest BCUT2D eigenvalue weighted by Crippen LogP contribution is -2.62. The van der Waals surface area contributed by atoms with E-state index in [-0.39, 0.29) is 23.9 Å². The van der Waals surface area contributed by atoms with Crippen LogP contribution in [-0.2, 0) is 40.0 Å². The van der Waals surface area contributed by atoms with Gasteiger partial charge in [0.1, 0.15) is 34.9 Å². The van der Waals surface area contributed by atoms with Gasteiger partial charge < -0.3 is 36.6 Å². The summed E-state index contributed by atoms with van der Waals surface area (Å²) in [6, 6.07) is 25.0. The Balaban J connectivity index is 1.62. The number of carbonyl (C=O) groups is 6. The van der Waals surface area contributed by atoms with Crippen molar-refractivity contribution in [2.75, 3.05) is 12.3 Å². The van der Waals surface area contributed by atoms with Crippen LogP contribution in [0.1, 0.15) is 100 Å². The molecule has 5 rings (SSSR count). The van der Waals surface area contributed by atoms with E-state index in [1.54, 1.807) is 6.92 Å². The normalized spacial score (nSPS) is 21.2. The minimum absolute atomic E-state index is 0.0181. The van der Waals surface area contributed by atoms with E-state index in [0.717, 1.165) is 28.0 Å². The van der Waals surface area contributed by atoms with Crippen molar-refractivity contribution in [2.45, 2.75) is 115 Å². The molecule has 7 atom stereocenters. The molecule has 1 aliphatic rings. The Bertz CT molecular complexity index is 2140. The van der Waals surface area contributed by atoms with Gasteiger partial charge in [-0.25, -0.2) is 4.98 Å². The van der Waals surface area contributed by atoms with E-state index in [0.29, 0.717) is 17.8 Å². The third kappa shape index (κ3) is 13.3. The van der Waals surface area contributed by atoms with Crippen LogP contribution < -0.4 is 31.9 Å². The smallest absolute Gasteiger partial charge is 0.271 e. The quantitative estimate of drug-likeness (QED) is 0.100. The summed E-state index contributed by atoms with van der Waals surface area (Å²) in [6.45, 7) is 14.1. The van der Waals surface area contributed by atoms with Crippen LogP contribution in [0.5, 0.6) is 0 Å². The number of amides is 6. The maximum Gasteiger partial charge on any atom is 0.271 e. The van der Waals surface area contributed by atoms with Crippen molar-refractivity contribution < 1.29 is 33.5 Å². The molecule has 6 N–H and O–H groups in total. The number of hydrogen-bond donors (Lipinski definition) is 6. The summed E-state index contributed by atoms with van der Waals surface area (Å²) >= 11 is 2.61. The number of nitrogens with zero attached hydrogens (tertiary/aromatic N) is 1. The third-order valence-electron chi connectivity index (χ3n) is 11.4. The molecule has 14 nitrogen and oxygen atoms in total. The van der Waals surface area contributed by atoms with E-state index in [1.165, 1.54) is 17.1 Å². The van der Waals surface area contributed by atoms with Gasteiger partial charge in [0, 0.05) is 11.1 Å². The van der Waals surface area contributed by atoms with Crippen molar-refractivity contribution in [3.63, 3.8) is 0 Å². The Hall–Kier alpha value is -5.58. The molecule has 0 unspecified atom stereocenters. The Morgan fingerprint density at radius 3 is 1.65 bits per heavy atom. The highest BCUT2D eigenvalue weighted by molar-refractivity contribution is 8.00. The number of thiazole rings is 1. The molecule has 65 heavy (non-hydrogen) atoms. The first-order valence-electron chi connectivity index (χ1n) is 22.2. The summed E-state index contributed by atoms with van der Waals surface area (Å²) in [5.74, 6) is -4.49. The van der Waals surface area contributed by atoms with Gasteiger partial charge in [-0.15, -0.1) is 23.1 Å². The Labute approximate surface area is 390 Å². The lowest BCUT2D eigenvalue weighted by Gasteiger charge is -2.37. The second-order valence-electron chi connectivity index (χ2n) is 17.4. The average Bonchev–Trinajstić information content (AvgIpc) is 3.79. The molecule has 0 spiro atoms. The van der Waals surface area contributed by atoms with Crippen LogP contribution in [-0.4, -0.2) is 88.6 Å². The molecule has 348 valence electrons. The molecule has 2 bridgehead atoms. The number of hydrogen-bond acceptors (Lipinski definition) is 10. The fourth-order valence-electron chi connectivity index (χ4n) is 7.57. The molecule has 1 aromatic heterocycles. The molecule has 6 amide bonds. The van der Waals surface area contributed by atoms with E-state index in [9.17, 15) is 24.0 Å². The SMILES string of the molecule is CC[C@@H](C)[C@H]1NC(=O)c2csc(n2)CNC(=O)CNC(=O)[C@H]([C@@H](C)OC(C)(C)C)NC(=O)[C@H]([C@@H](C)CC)NC(=O)[C@@H](CSC(c2ccccc2)(c2ccccc2)c2ccccc2)NC1=O. The first-order valence-corrected chi connectivity index (χ1v) is 24.0. The van der Waals surface area contributed by atoms with Gasteiger partial charge >= 0.3 is 0 Å². The number of fused-ring (bicyclic) bond motifs is 2. The van der Waals surface area contributed by atoms with Crippen molar-refractivity contribution in [1.29, 1.82) is 0 Å². The molecule has 0 saturated heterocycles. The zero-order valence-electron chi connectivity index (χ0n) is 38.4. The number of ether oxygens (including phenoxy) is 1. The molecule has 0 saturated carbocycles. The van der Waals surface area contributed by atoms with E-state index in [2.05, 4.69) is 36.9 Å². The highest BCUT2D eigenvalue weighted by Crippen LogP contribution is 2.48. The molecule has 0 radical (unpaired) electrons. The molecule has 4 aromatic rings. The number of benzene rings is 3. The van der Waals surface area contributed by atoms with Gasteiger partial charge in [0.15, 0.2) is 0 Å². The molecule has 0 fully saturated rings. The fourth-order valence-corrected chi connectivity index (χ4v) is 9.84. The minimum atomic E-state index is -1.27. The molecule has 16 heteroatoms. The molecule has 1 aliphatic heterocycles. The molecule has 3 aromatic carbocycles. The van der Waals surface area contributed by atoms with Crippen LogP contribution >= 0.6 is 23.1 Å². The lowest BCUT2D eigenvalue weighted by atomic mass is 9.84. The number of nitrogens with one attached hydrogen (secondary N) is 6. The maximum atomic E-state index is 15.0. The Morgan fingerprint density at radius 1 is 0.646 bits per heavy atom. The van der Waals surface area contributed by atoms with E-state index in [4.69, 9.17) is 4.74 Å². The van der Waals surface area contributed by atoms with Gasteiger partial charge in [-0.3, -0.25) is 28.8 Å². The highest BCUT2D eigenvalue weighted by atomic mass is 32.2. The summed E-state index contributed by atoms with van der Waals surface area (Å²) in [7, 11) is 0. The highest BCUT2D eigenvalue weighted by Gasteiger charge is 2.41. The van der Waals surface area contributed by atoms with Crippen LogP contribution in [0.2, 0.25) is 0 Å². The molecule has 0 aliphatic carbocycles. The van der Waals surface area contributed by atoms with Gasteiger partial charge in [0.05, 0.1) is 29.5 Å². The zero-order valence-corrected chi connectivity index (χ0v) is 40.1. The molecular weight excluding hydrogens is 863 g/mol. The van der Waals surface area contributed by atoms with Gasteiger partial charge in [-0.05, 0) is 56.2 Å². The molecule has 2 heterocycles. The van der Waals surface area contributed by atoms with E-state index >= 15 is 4.79 Å². The van der Waals surface area contributed by atoms with Gasteiger partial charge in [0.25, 0.3) is 5.91 Å². The van der Waals surface area contributed by atoms with Crippen molar-refractivity contribution in [2.24, 2.45) is 11.8 Å². The zero-order chi connectivity index (χ0) is 47.3. The summed E-state index contributed by atoms with van der Waals surface area (Å²) < 4.78 is 5.27. The first kappa shape index (κ1) is 50.4. The van der Waals surface area contributed by atoms with Crippen LogP contribution in [0.4, 0.5) is 0 Å². The van der Waals surface area contributed by atoms with Crippen LogP contribution in [0.15, 0.2) is 96.4 Å². The monoisotopic (exact) mass is 925 g/mol. The van der Waals surface area contributed by atoms with Crippen molar-refractivity contribution in [3.05, 3.63) is 124 Å². The van der Waals surface area contributed by atoms with Crippen LogP contribution in [0.3, 0.4) is 0 Å². The van der Waals surface area contributed by atoms with Crippen LogP contribution in [0, 0.1) is 11.8 Å². The number of thioether (sulfide) groups is 1. The number of carbonyl (C=O) groups excluding carboxylic acids is 6. The molecular formula is C49H63N7O7S2. The number of aromatic nitrogens is 1. The topological polar surface area (TPSA) is 197 Å². The second kappa shape index (κ2) is 23.0. The Kier molecular flexibility index (Phi) is 17.9. The van der Waals surface area contributed by atoms with E-state index in [1.807, 2.05) is 139 Å². The standard InChI is InChI=1S/C49H63N7O7S2/c1-9-30(3)40-46(61)53-37(29-65-49(33-20-14-11-15-21-33,34-22-16-12-17-23-34)35-24-18-13-19-25-35)44(59)55-41(31(4)10-2)47(62)56-42(32(5)63-48(6,7)8)45(60)51-26-38(57)50-27-39-52-36(28-64-39)43(58)54-40/h11-25,28,30-32,37,40-42H,9-10,26-27,29H2,1-8H3,(H,50,57)(H,51,60)(H,53,61)(H,54,58)(H,55,59)(H,56,62)/t30-,31+,32-,37-,40-,41+,42+/m1/s1. The van der Waals surface area contributed by atoms with Gasteiger partial charge in [-0.1, -0.05) is 132 Å². The lowest BCUT2D eigenvalue weighted by molar-refractivity contribution is -0.140. The van der Waals surface area contributed by atoms with Crippen molar-refractivity contribution in [3.8, 4) is 0 Å². The van der Waals surface area contributed by atoms with E-state index < -0.39 is 88.5 Å². The summed E-state index contributed by atoms with van der Waals surface area (Å²) in [4.78, 5) is 89.1. The van der Waals surface area contributed by atoms with Crippen LogP contribution in [0.25, 0.3) is 0 Å². The van der Waals surface area contributed by atoms with Crippen molar-refractivity contribution >= 4 is 58.5 Å².